The van der Waals surface area contributed by atoms with Crippen LogP contribution in [0.3, 0.4) is 0 Å². The van der Waals surface area contributed by atoms with E-state index in [0.29, 0.717) is 38.8 Å². The van der Waals surface area contributed by atoms with Gasteiger partial charge in [-0.05, 0) is 49.8 Å². The first-order chi connectivity index (χ1) is 14.6. The van der Waals surface area contributed by atoms with Gasteiger partial charge in [-0.1, -0.05) is 26.3 Å². The number of hydrogen-bond acceptors (Lipinski definition) is 5. The highest BCUT2D eigenvalue weighted by Gasteiger charge is 2.34. The molecule has 8 nitrogen and oxygen atoms in total. The third-order valence-corrected chi connectivity index (χ3v) is 6.42. The first-order valence-corrected chi connectivity index (χ1v) is 12.2. The Morgan fingerprint density at radius 3 is 2.61 bits per heavy atom. The summed E-state index contributed by atoms with van der Waals surface area (Å²) in [5.74, 6) is -0.309. The SMILES string of the molecule is CC(C)COc1cc(CCNS(=O)(=O)CCCCCN2C(=O)NC(=O)[C@H]2C)ccc1F. The van der Waals surface area contributed by atoms with E-state index in [4.69, 9.17) is 4.74 Å². The van der Waals surface area contributed by atoms with E-state index in [-0.39, 0.29) is 29.9 Å². The molecule has 0 aromatic heterocycles. The Balaban J connectivity index is 1.68. The summed E-state index contributed by atoms with van der Waals surface area (Å²) in [6.45, 7) is 6.64. The largest absolute Gasteiger partial charge is 0.490 e. The number of hydrogen-bond donors (Lipinski definition) is 2. The third kappa shape index (κ3) is 8.10. The summed E-state index contributed by atoms with van der Waals surface area (Å²) in [5, 5.41) is 2.25. The summed E-state index contributed by atoms with van der Waals surface area (Å²) in [5.41, 5.74) is 0.787. The fraction of sp³-hybridized carbons (Fsp3) is 0.619. The molecule has 0 radical (unpaired) electrons. The normalized spacial score (nSPS) is 16.8. The molecular weight excluding hydrogens is 425 g/mol. The Labute approximate surface area is 183 Å². The fourth-order valence-corrected chi connectivity index (χ4v) is 4.28. The first-order valence-electron chi connectivity index (χ1n) is 10.6. The van der Waals surface area contributed by atoms with E-state index in [2.05, 4.69) is 10.0 Å². The maximum absolute atomic E-state index is 13.8. The van der Waals surface area contributed by atoms with Crippen molar-refractivity contribution >= 4 is 22.0 Å². The van der Waals surface area contributed by atoms with Crippen LogP contribution < -0.4 is 14.8 Å². The molecule has 0 aliphatic carbocycles. The second kappa shape index (κ2) is 11.4. The molecule has 1 atom stereocenters. The lowest BCUT2D eigenvalue weighted by Gasteiger charge is -2.18. The van der Waals surface area contributed by atoms with E-state index in [1.54, 1.807) is 19.1 Å². The van der Waals surface area contributed by atoms with Gasteiger partial charge in [0.2, 0.25) is 10.0 Å². The van der Waals surface area contributed by atoms with Crippen LogP contribution in [-0.2, 0) is 21.2 Å². The molecule has 0 bridgehead atoms. The Hall–Kier alpha value is -2.20. The van der Waals surface area contributed by atoms with E-state index in [1.807, 2.05) is 13.8 Å². The molecule has 1 aromatic rings. The Bertz CT molecular complexity index is 876. The minimum absolute atomic E-state index is 0.0140. The van der Waals surface area contributed by atoms with Crippen molar-refractivity contribution in [2.45, 2.75) is 52.5 Å². The van der Waals surface area contributed by atoms with Crippen molar-refractivity contribution in [2.24, 2.45) is 5.92 Å². The molecule has 1 aliphatic rings. The summed E-state index contributed by atoms with van der Waals surface area (Å²) in [6.07, 6.45) is 2.12. The highest BCUT2D eigenvalue weighted by Crippen LogP contribution is 2.20. The smallest absolute Gasteiger partial charge is 0.324 e. The summed E-state index contributed by atoms with van der Waals surface area (Å²) in [7, 11) is -3.42. The second-order valence-corrected chi connectivity index (χ2v) is 10.1. The van der Waals surface area contributed by atoms with Crippen molar-refractivity contribution in [1.82, 2.24) is 14.9 Å². The van der Waals surface area contributed by atoms with Crippen molar-refractivity contribution in [3.63, 3.8) is 0 Å². The molecule has 1 aromatic carbocycles. The van der Waals surface area contributed by atoms with Gasteiger partial charge in [-0.25, -0.2) is 22.3 Å². The summed E-state index contributed by atoms with van der Waals surface area (Å²) < 4.78 is 46.2. The topological polar surface area (TPSA) is 105 Å². The van der Waals surface area contributed by atoms with Crippen LogP contribution in [0.4, 0.5) is 9.18 Å². The molecule has 1 aliphatic heterocycles. The molecule has 1 heterocycles. The number of urea groups is 1. The van der Waals surface area contributed by atoms with Crippen LogP contribution in [0.25, 0.3) is 0 Å². The van der Waals surface area contributed by atoms with Gasteiger partial charge in [-0.3, -0.25) is 10.1 Å². The molecule has 2 N–H and O–H groups in total. The molecule has 2 rings (SSSR count). The van der Waals surface area contributed by atoms with Gasteiger partial charge in [0.05, 0.1) is 12.4 Å². The minimum Gasteiger partial charge on any atom is -0.490 e. The number of halogens is 1. The number of rotatable bonds is 13. The highest BCUT2D eigenvalue weighted by atomic mass is 32.2. The molecule has 174 valence electrons. The van der Waals surface area contributed by atoms with Crippen molar-refractivity contribution < 1.29 is 27.1 Å². The zero-order valence-corrected chi connectivity index (χ0v) is 19.1. The number of benzene rings is 1. The average Bonchev–Trinajstić information content (AvgIpc) is 2.93. The second-order valence-electron chi connectivity index (χ2n) is 8.16. The van der Waals surface area contributed by atoms with Gasteiger partial charge in [0.25, 0.3) is 5.91 Å². The Kier molecular flexibility index (Phi) is 9.24. The minimum atomic E-state index is -3.42. The van der Waals surface area contributed by atoms with Crippen LogP contribution in [0.1, 0.15) is 45.6 Å². The molecule has 3 amide bonds. The summed E-state index contributed by atoms with van der Waals surface area (Å²) >= 11 is 0. The van der Waals surface area contributed by atoms with Crippen molar-refractivity contribution in [3.8, 4) is 5.75 Å². The van der Waals surface area contributed by atoms with Crippen LogP contribution in [0.5, 0.6) is 5.75 Å². The quantitative estimate of drug-likeness (QED) is 0.350. The Morgan fingerprint density at radius 2 is 1.97 bits per heavy atom. The molecule has 1 fully saturated rings. The van der Waals surface area contributed by atoms with Crippen LogP contribution >= 0.6 is 0 Å². The van der Waals surface area contributed by atoms with Crippen LogP contribution in [0, 0.1) is 11.7 Å². The zero-order valence-electron chi connectivity index (χ0n) is 18.3. The maximum Gasteiger partial charge on any atom is 0.324 e. The number of carbonyl (C=O) groups excluding carboxylic acids is 2. The van der Waals surface area contributed by atoms with Crippen molar-refractivity contribution in [2.75, 3.05) is 25.4 Å². The standard InChI is InChI=1S/C21H32FN3O5S/c1-15(2)14-30-19-13-17(7-8-18(19)22)9-10-23-31(28,29)12-6-4-5-11-25-16(3)20(26)24-21(25)27/h7-8,13,15-16,23H,4-6,9-12,14H2,1-3H3,(H,24,26,27)/t16-/m1/s1. The number of carbonyl (C=O) groups is 2. The lowest BCUT2D eigenvalue weighted by atomic mass is 10.1. The molecule has 1 saturated heterocycles. The van der Waals surface area contributed by atoms with Gasteiger partial charge >= 0.3 is 6.03 Å². The zero-order chi connectivity index (χ0) is 23.0. The predicted molar refractivity (Wildman–Crippen MR) is 116 cm³/mol. The van der Waals surface area contributed by atoms with E-state index >= 15 is 0 Å². The van der Waals surface area contributed by atoms with Gasteiger partial charge in [-0.15, -0.1) is 0 Å². The summed E-state index contributed by atoms with van der Waals surface area (Å²) in [6, 6.07) is 3.67. The molecule has 10 heteroatoms. The van der Waals surface area contributed by atoms with Gasteiger partial charge < -0.3 is 9.64 Å². The van der Waals surface area contributed by atoms with E-state index < -0.39 is 27.9 Å². The van der Waals surface area contributed by atoms with E-state index in [9.17, 15) is 22.4 Å². The van der Waals surface area contributed by atoms with Gasteiger partial charge in [0.1, 0.15) is 6.04 Å². The maximum atomic E-state index is 13.8. The number of ether oxygens (including phenoxy) is 1. The molecule has 0 saturated carbocycles. The third-order valence-electron chi connectivity index (χ3n) is 4.95. The lowest BCUT2D eigenvalue weighted by molar-refractivity contribution is -0.121. The fourth-order valence-electron chi connectivity index (χ4n) is 3.14. The van der Waals surface area contributed by atoms with Crippen molar-refractivity contribution in [1.29, 1.82) is 0 Å². The number of nitrogens with one attached hydrogen (secondary N) is 2. The van der Waals surface area contributed by atoms with Crippen LogP contribution in [0.2, 0.25) is 0 Å². The predicted octanol–water partition coefficient (Wildman–Crippen LogP) is 2.43. The van der Waals surface area contributed by atoms with E-state index in [0.717, 1.165) is 5.56 Å². The molecular formula is C21H32FN3O5S. The van der Waals surface area contributed by atoms with Gasteiger partial charge in [0.15, 0.2) is 11.6 Å². The van der Waals surface area contributed by atoms with E-state index in [1.165, 1.54) is 11.0 Å². The first kappa shape index (κ1) is 25.1. The molecule has 0 unspecified atom stereocenters. The number of unbranched alkanes of at least 4 members (excludes halogenated alkanes) is 2. The monoisotopic (exact) mass is 457 g/mol. The number of amides is 3. The Morgan fingerprint density at radius 1 is 1.23 bits per heavy atom. The van der Waals surface area contributed by atoms with Gasteiger partial charge in [-0.2, -0.15) is 0 Å². The number of imide groups is 1. The summed E-state index contributed by atoms with van der Waals surface area (Å²) in [4.78, 5) is 24.5. The molecule has 31 heavy (non-hydrogen) atoms. The van der Waals surface area contributed by atoms with Crippen LogP contribution in [-0.4, -0.2) is 56.7 Å². The average molecular weight is 458 g/mol. The molecule has 0 spiro atoms. The van der Waals surface area contributed by atoms with Gasteiger partial charge in [0, 0.05) is 13.1 Å². The van der Waals surface area contributed by atoms with Crippen LogP contribution in [0.15, 0.2) is 18.2 Å². The highest BCUT2D eigenvalue weighted by molar-refractivity contribution is 7.89. The number of sulfonamides is 1. The number of nitrogens with zero attached hydrogens (tertiary/aromatic N) is 1. The lowest BCUT2D eigenvalue weighted by Crippen LogP contribution is -2.33. The van der Waals surface area contributed by atoms with Crippen molar-refractivity contribution in [3.05, 3.63) is 29.6 Å².